The highest BCUT2D eigenvalue weighted by Gasteiger charge is 2.16. The summed E-state index contributed by atoms with van der Waals surface area (Å²) in [5, 5.41) is 9.38. The van der Waals surface area contributed by atoms with Crippen molar-refractivity contribution in [3.8, 4) is 5.75 Å². The number of sulfonamides is 1. The predicted octanol–water partition coefficient (Wildman–Crippen LogP) is 3.81. The first-order valence-electron chi connectivity index (χ1n) is 5.57. The van der Waals surface area contributed by atoms with Gasteiger partial charge in [-0.05, 0) is 36.8 Å². The minimum atomic E-state index is -3.73. The number of phenolic OH excluding ortho intramolecular Hbond substituents is 1. The van der Waals surface area contributed by atoms with Crippen molar-refractivity contribution in [1.29, 1.82) is 0 Å². The van der Waals surface area contributed by atoms with E-state index < -0.39 is 10.0 Å². The van der Waals surface area contributed by atoms with Crippen LogP contribution in [0.4, 0.5) is 5.69 Å². The summed E-state index contributed by atoms with van der Waals surface area (Å²) >= 11 is 11.5. The Bertz CT molecular complexity index is 737. The molecular weight excluding hydrogens is 321 g/mol. The Morgan fingerprint density at radius 1 is 1.10 bits per heavy atom. The number of anilines is 1. The minimum absolute atomic E-state index is 0.0283. The second-order valence-electron chi connectivity index (χ2n) is 4.21. The number of aromatic hydroxyl groups is 1. The van der Waals surface area contributed by atoms with E-state index in [0.717, 1.165) is 5.56 Å². The molecule has 2 N–H and O–H groups in total. The molecule has 0 saturated carbocycles. The molecule has 2 rings (SSSR count). The number of nitrogens with one attached hydrogen (secondary N) is 1. The zero-order valence-electron chi connectivity index (χ0n) is 10.4. The number of aryl methyl sites for hydroxylation is 1. The number of phenols is 1. The molecular formula is C13H11Cl2NO3S. The lowest BCUT2D eigenvalue weighted by atomic mass is 10.2. The van der Waals surface area contributed by atoms with Gasteiger partial charge in [-0.2, -0.15) is 0 Å². The summed E-state index contributed by atoms with van der Waals surface area (Å²) in [5.41, 5.74) is 1.01. The summed E-state index contributed by atoms with van der Waals surface area (Å²) in [6.45, 7) is 1.80. The number of halogens is 2. The molecule has 7 heteroatoms. The average molecular weight is 332 g/mol. The van der Waals surface area contributed by atoms with Crippen LogP contribution in [-0.4, -0.2) is 13.5 Å². The molecule has 0 aliphatic heterocycles. The predicted molar refractivity (Wildman–Crippen MR) is 80.1 cm³/mol. The molecule has 0 fully saturated rings. The van der Waals surface area contributed by atoms with E-state index in [-0.39, 0.29) is 26.4 Å². The quantitative estimate of drug-likeness (QED) is 0.840. The van der Waals surface area contributed by atoms with E-state index in [9.17, 15) is 13.5 Å². The lowest BCUT2D eigenvalue weighted by Gasteiger charge is -2.10. The molecule has 0 unspecified atom stereocenters. The van der Waals surface area contributed by atoms with E-state index in [1.165, 1.54) is 18.2 Å². The SMILES string of the molecule is Cc1cccc(S(=O)(=O)Nc2cc(Cl)c(O)c(Cl)c2)c1. The number of hydrogen-bond donors (Lipinski definition) is 2. The van der Waals surface area contributed by atoms with Gasteiger partial charge in [-0.25, -0.2) is 8.42 Å². The van der Waals surface area contributed by atoms with Gasteiger partial charge in [0.25, 0.3) is 10.0 Å². The van der Waals surface area contributed by atoms with Gasteiger partial charge in [-0.3, -0.25) is 4.72 Å². The molecule has 0 heterocycles. The molecule has 0 radical (unpaired) electrons. The van der Waals surface area contributed by atoms with Crippen LogP contribution in [0.25, 0.3) is 0 Å². The topological polar surface area (TPSA) is 66.4 Å². The fourth-order valence-corrected chi connectivity index (χ4v) is 3.25. The van der Waals surface area contributed by atoms with Crippen molar-refractivity contribution in [2.24, 2.45) is 0 Å². The van der Waals surface area contributed by atoms with Crippen molar-refractivity contribution in [3.05, 3.63) is 52.0 Å². The fourth-order valence-electron chi connectivity index (χ4n) is 1.62. The number of hydrogen-bond acceptors (Lipinski definition) is 3. The fraction of sp³-hybridized carbons (Fsp3) is 0.0769. The second kappa shape index (κ2) is 5.52. The summed E-state index contributed by atoms with van der Waals surface area (Å²) in [7, 11) is -3.73. The van der Waals surface area contributed by atoms with Gasteiger partial charge in [0.2, 0.25) is 0 Å². The summed E-state index contributed by atoms with van der Waals surface area (Å²) < 4.78 is 26.8. The van der Waals surface area contributed by atoms with Crippen molar-refractivity contribution < 1.29 is 13.5 Å². The first-order valence-corrected chi connectivity index (χ1v) is 7.81. The molecule has 4 nitrogen and oxygen atoms in total. The Kier molecular flexibility index (Phi) is 4.13. The van der Waals surface area contributed by atoms with Gasteiger partial charge in [0.1, 0.15) is 0 Å². The third-order valence-corrected chi connectivity index (χ3v) is 4.52. The first kappa shape index (κ1) is 15.0. The van der Waals surface area contributed by atoms with Crippen molar-refractivity contribution in [3.63, 3.8) is 0 Å². The van der Waals surface area contributed by atoms with E-state index in [4.69, 9.17) is 23.2 Å². The summed E-state index contributed by atoms with van der Waals surface area (Å²) in [5.74, 6) is -0.285. The largest absolute Gasteiger partial charge is 0.505 e. The molecule has 2 aromatic carbocycles. The zero-order chi connectivity index (χ0) is 14.9. The maximum absolute atomic E-state index is 12.2. The van der Waals surface area contributed by atoms with Crippen LogP contribution in [-0.2, 0) is 10.0 Å². The van der Waals surface area contributed by atoms with Gasteiger partial charge in [0.05, 0.1) is 20.6 Å². The Morgan fingerprint density at radius 2 is 1.70 bits per heavy atom. The van der Waals surface area contributed by atoms with Crippen molar-refractivity contribution in [1.82, 2.24) is 0 Å². The second-order valence-corrected chi connectivity index (χ2v) is 6.71. The summed E-state index contributed by atoms with van der Waals surface area (Å²) in [6.07, 6.45) is 0. The molecule has 0 bridgehead atoms. The van der Waals surface area contributed by atoms with Crippen LogP contribution in [0.3, 0.4) is 0 Å². The monoisotopic (exact) mass is 331 g/mol. The van der Waals surface area contributed by atoms with E-state index in [2.05, 4.69) is 4.72 Å². The maximum Gasteiger partial charge on any atom is 0.261 e. The Balaban J connectivity index is 2.38. The molecule has 0 aromatic heterocycles. The highest BCUT2D eigenvalue weighted by molar-refractivity contribution is 7.92. The van der Waals surface area contributed by atoms with Crippen LogP contribution in [0, 0.1) is 6.92 Å². The number of benzene rings is 2. The van der Waals surface area contributed by atoms with E-state index in [0.29, 0.717) is 0 Å². The van der Waals surface area contributed by atoms with E-state index in [1.807, 2.05) is 0 Å². The first-order chi connectivity index (χ1) is 9.29. The Hall–Kier alpha value is -1.43. The third kappa shape index (κ3) is 3.17. The van der Waals surface area contributed by atoms with Crippen LogP contribution in [0.5, 0.6) is 5.75 Å². The van der Waals surface area contributed by atoms with E-state index in [1.54, 1.807) is 25.1 Å². The van der Waals surface area contributed by atoms with Gasteiger partial charge in [0.15, 0.2) is 5.75 Å². The molecule has 106 valence electrons. The standard InChI is InChI=1S/C13H11Cl2NO3S/c1-8-3-2-4-10(5-8)20(18,19)16-9-6-11(14)13(17)12(15)7-9/h2-7,16-17H,1H3. The molecule has 0 amide bonds. The molecule has 2 aromatic rings. The highest BCUT2D eigenvalue weighted by atomic mass is 35.5. The lowest BCUT2D eigenvalue weighted by molar-refractivity contribution is 0.476. The van der Waals surface area contributed by atoms with E-state index >= 15 is 0 Å². The summed E-state index contributed by atoms with van der Waals surface area (Å²) in [6, 6.07) is 9.06. The van der Waals surface area contributed by atoms with Gasteiger partial charge >= 0.3 is 0 Å². The normalized spacial score (nSPS) is 11.3. The Morgan fingerprint density at radius 3 is 2.25 bits per heavy atom. The average Bonchev–Trinajstić information content (AvgIpc) is 2.35. The van der Waals surface area contributed by atoms with Crippen molar-refractivity contribution in [2.75, 3.05) is 4.72 Å². The van der Waals surface area contributed by atoms with Crippen molar-refractivity contribution in [2.45, 2.75) is 11.8 Å². The maximum atomic E-state index is 12.2. The zero-order valence-corrected chi connectivity index (χ0v) is 12.7. The Labute approximate surface area is 127 Å². The minimum Gasteiger partial charge on any atom is -0.505 e. The molecule has 0 saturated heterocycles. The molecule has 0 spiro atoms. The van der Waals surface area contributed by atoms with Crippen LogP contribution < -0.4 is 4.72 Å². The van der Waals surface area contributed by atoms with Crippen molar-refractivity contribution >= 4 is 38.9 Å². The lowest BCUT2D eigenvalue weighted by Crippen LogP contribution is -2.13. The van der Waals surface area contributed by atoms with Gasteiger partial charge < -0.3 is 5.11 Å². The number of rotatable bonds is 3. The molecule has 20 heavy (non-hydrogen) atoms. The van der Waals surface area contributed by atoms with Crippen LogP contribution in [0.1, 0.15) is 5.56 Å². The molecule has 0 atom stereocenters. The smallest absolute Gasteiger partial charge is 0.261 e. The third-order valence-electron chi connectivity index (χ3n) is 2.57. The van der Waals surface area contributed by atoms with Gasteiger partial charge in [-0.1, -0.05) is 35.3 Å². The van der Waals surface area contributed by atoms with Gasteiger partial charge in [-0.15, -0.1) is 0 Å². The molecule has 0 aliphatic rings. The summed E-state index contributed by atoms with van der Waals surface area (Å²) in [4.78, 5) is 0.137. The molecule has 0 aliphatic carbocycles. The van der Waals surface area contributed by atoms with Gasteiger partial charge in [0, 0.05) is 0 Å². The highest BCUT2D eigenvalue weighted by Crippen LogP contribution is 2.35. The van der Waals surface area contributed by atoms with Crippen LogP contribution in [0.15, 0.2) is 41.3 Å². The van der Waals surface area contributed by atoms with Crippen LogP contribution in [0.2, 0.25) is 10.0 Å². The van der Waals surface area contributed by atoms with Crippen LogP contribution >= 0.6 is 23.2 Å².